The third-order valence-corrected chi connectivity index (χ3v) is 5.40. The molecule has 1 aromatic rings. The SMILES string of the molecule is FC(F)(F)[C@@]12CNC[C@]1(CNCc1nccn1C1CC1)C2. The predicted octanol–water partition coefficient (Wildman–Crippen LogP) is 1.85. The number of nitrogens with one attached hydrogen (secondary N) is 2. The molecule has 0 amide bonds. The second-order valence-corrected chi connectivity index (χ2v) is 6.73. The van der Waals surface area contributed by atoms with Crippen LogP contribution in [0.5, 0.6) is 0 Å². The normalized spacial score (nSPS) is 35.0. The monoisotopic (exact) mass is 300 g/mol. The molecular formula is C14H19F3N4. The van der Waals surface area contributed by atoms with Gasteiger partial charge >= 0.3 is 6.18 Å². The Labute approximate surface area is 121 Å². The molecular weight excluding hydrogens is 281 g/mol. The second-order valence-electron chi connectivity index (χ2n) is 6.73. The van der Waals surface area contributed by atoms with Gasteiger partial charge in [-0.25, -0.2) is 4.98 Å². The minimum absolute atomic E-state index is 0.0644. The Balaban J connectivity index is 1.38. The first-order chi connectivity index (χ1) is 9.98. The summed E-state index contributed by atoms with van der Waals surface area (Å²) in [5.74, 6) is 0.929. The predicted molar refractivity (Wildman–Crippen MR) is 70.6 cm³/mol. The average molecular weight is 300 g/mol. The highest BCUT2D eigenvalue weighted by Gasteiger charge is 2.81. The van der Waals surface area contributed by atoms with Gasteiger partial charge in [0.25, 0.3) is 0 Å². The second kappa shape index (κ2) is 4.23. The van der Waals surface area contributed by atoms with E-state index in [-0.39, 0.29) is 13.0 Å². The Morgan fingerprint density at radius 2 is 2.19 bits per heavy atom. The quantitative estimate of drug-likeness (QED) is 0.872. The molecule has 1 aromatic heterocycles. The first-order valence-electron chi connectivity index (χ1n) is 7.47. The molecule has 1 saturated heterocycles. The van der Waals surface area contributed by atoms with Gasteiger partial charge in [0.2, 0.25) is 0 Å². The number of hydrogen-bond donors (Lipinski definition) is 2. The Kier molecular flexibility index (Phi) is 2.73. The summed E-state index contributed by atoms with van der Waals surface area (Å²) in [6, 6.07) is 0.547. The molecule has 4 nitrogen and oxygen atoms in total. The van der Waals surface area contributed by atoms with Crippen LogP contribution in [-0.4, -0.2) is 35.4 Å². The van der Waals surface area contributed by atoms with Crippen LogP contribution in [0.3, 0.4) is 0 Å². The molecule has 7 heteroatoms. The molecule has 3 fully saturated rings. The van der Waals surface area contributed by atoms with Gasteiger partial charge < -0.3 is 15.2 Å². The molecule has 0 unspecified atom stereocenters. The van der Waals surface area contributed by atoms with Crippen molar-refractivity contribution >= 4 is 0 Å². The summed E-state index contributed by atoms with van der Waals surface area (Å²) >= 11 is 0. The molecule has 116 valence electrons. The lowest BCUT2D eigenvalue weighted by atomic mass is 9.95. The van der Waals surface area contributed by atoms with Crippen molar-refractivity contribution in [2.45, 2.75) is 38.0 Å². The van der Waals surface area contributed by atoms with E-state index in [4.69, 9.17) is 0 Å². The fourth-order valence-electron chi connectivity index (χ4n) is 3.91. The van der Waals surface area contributed by atoms with Gasteiger partial charge in [-0.05, 0) is 19.3 Å². The lowest BCUT2D eigenvalue weighted by molar-refractivity contribution is -0.190. The Bertz CT molecular complexity index is 551. The van der Waals surface area contributed by atoms with E-state index in [2.05, 4.69) is 20.2 Å². The van der Waals surface area contributed by atoms with E-state index >= 15 is 0 Å². The van der Waals surface area contributed by atoms with Crippen LogP contribution >= 0.6 is 0 Å². The smallest absolute Gasteiger partial charge is 0.331 e. The number of hydrogen-bond acceptors (Lipinski definition) is 3. The van der Waals surface area contributed by atoms with Crippen molar-refractivity contribution in [2.75, 3.05) is 19.6 Å². The summed E-state index contributed by atoms with van der Waals surface area (Å²) in [6.07, 6.45) is 2.22. The zero-order valence-corrected chi connectivity index (χ0v) is 11.7. The minimum Gasteiger partial charge on any atom is -0.331 e. The summed E-state index contributed by atoms with van der Waals surface area (Å²) in [5.41, 5.74) is -2.15. The molecule has 0 radical (unpaired) electrons. The standard InChI is InChI=1S/C14H19F3N4/c15-14(16,17)13-6-12(13,8-19-9-13)7-18-5-11-20-3-4-21(11)10-1-2-10/h3-4,10,18-19H,1-2,5-9H2/t12-,13+/m1/s1. The lowest BCUT2D eigenvalue weighted by Crippen LogP contribution is -2.35. The van der Waals surface area contributed by atoms with Gasteiger partial charge in [0.15, 0.2) is 0 Å². The largest absolute Gasteiger partial charge is 0.396 e. The summed E-state index contributed by atoms with van der Waals surface area (Å²) in [5, 5.41) is 6.12. The van der Waals surface area contributed by atoms with Gasteiger partial charge in [-0.15, -0.1) is 0 Å². The van der Waals surface area contributed by atoms with Gasteiger partial charge in [0.1, 0.15) is 5.82 Å². The number of imidazole rings is 1. The Morgan fingerprint density at radius 3 is 2.86 bits per heavy atom. The molecule has 0 bridgehead atoms. The van der Waals surface area contributed by atoms with Crippen LogP contribution in [0, 0.1) is 10.8 Å². The zero-order chi connectivity index (χ0) is 14.7. The van der Waals surface area contributed by atoms with E-state index in [1.165, 1.54) is 12.8 Å². The maximum Gasteiger partial charge on any atom is 0.396 e. The molecule has 3 aliphatic rings. The fraction of sp³-hybridized carbons (Fsp3) is 0.786. The van der Waals surface area contributed by atoms with Crippen LogP contribution in [0.25, 0.3) is 0 Å². The highest BCUT2D eigenvalue weighted by Crippen LogP contribution is 2.72. The topological polar surface area (TPSA) is 41.9 Å². The van der Waals surface area contributed by atoms with Crippen molar-refractivity contribution in [3.05, 3.63) is 18.2 Å². The number of rotatable bonds is 5. The highest BCUT2D eigenvalue weighted by atomic mass is 19.4. The van der Waals surface area contributed by atoms with Crippen LogP contribution in [0.15, 0.2) is 12.4 Å². The number of halogens is 3. The van der Waals surface area contributed by atoms with Crippen molar-refractivity contribution in [3.63, 3.8) is 0 Å². The first kappa shape index (κ1) is 13.6. The Hall–Kier alpha value is -1.08. The average Bonchev–Trinajstić information content (AvgIpc) is 3.29. The van der Waals surface area contributed by atoms with Gasteiger partial charge in [-0.3, -0.25) is 0 Å². The van der Waals surface area contributed by atoms with Gasteiger partial charge in [-0.2, -0.15) is 13.2 Å². The molecule has 2 heterocycles. The van der Waals surface area contributed by atoms with Crippen LogP contribution in [0.2, 0.25) is 0 Å². The van der Waals surface area contributed by atoms with Crippen molar-refractivity contribution in [1.29, 1.82) is 0 Å². The van der Waals surface area contributed by atoms with Gasteiger partial charge in [-0.1, -0.05) is 0 Å². The molecule has 0 spiro atoms. The molecule has 1 aliphatic heterocycles. The van der Waals surface area contributed by atoms with Crippen molar-refractivity contribution in [2.24, 2.45) is 10.8 Å². The summed E-state index contributed by atoms with van der Waals surface area (Å²) in [4.78, 5) is 4.31. The van der Waals surface area contributed by atoms with Crippen molar-refractivity contribution in [3.8, 4) is 0 Å². The molecule has 2 atom stereocenters. The number of nitrogens with zero attached hydrogens (tertiary/aromatic N) is 2. The molecule has 21 heavy (non-hydrogen) atoms. The van der Waals surface area contributed by atoms with Crippen molar-refractivity contribution < 1.29 is 13.2 Å². The van der Waals surface area contributed by atoms with Crippen LogP contribution in [-0.2, 0) is 6.54 Å². The van der Waals surface area contributed by atoms with Crippen molar-refractivity contribution in [1.82, 2.24) is 20.2 Å². The maximum atomic E-state index is 13.2. The minimum atomic E-state index is -4.11. The molecule has 4 rings (SSSR count). The molecule has 2 aliphatic carbocycles. The number of fused-ring (bicyclic) bond motifs is 1. The number of aromatic nitrogens is 2. The van der Waals surface area contributed by atoms with Crippen LogP contribution < -0.4 is 10.6 Å². The highest BCUT2D eigenvalue weighted by molar-refractivity contribution is 5.24. The summed E-state index contributed by atoms with van der Waals surface area (Å²) in [7, 11) is 0. The van der Waals surface area contributed by atoms with Gasteiger partial charge in [0, 0.05) is 43.5 Å². The molecule has 2 saturated carbocycles. The van der Waals surface area contributed by atoms with Gasteiger partial charge in [0.05, 0.1) is 12.0 Å². The summed E-state index contributed by atoms with van der Waals surface area (Å²) < 4.78 is 41.8. The first-order valence-corrected chi connectivity index (χ1v) is 7.47. The zero-order valence-electron chi connectivity index (χ0n) is 11.7. The van der Waals surface area contributed by atoms with E-state index in [9.17, 15) is 13.2 Å². The van der Waals surface area contributed by atoms with E-state index in [0.717, 1.165) is 5.82 Å². The van der Waals surface area contributed by atoms with E-state index in [1.54, 1.807) is 6.20 Å². The van der Waals surface area contributed by atoms with E-state index in [1.807, 2.05) is 6.20 Å². The van der Waals surface area contributed by atoms with E-state index in [0.29, 0.717) is 25.7 Å². The fourth-order valence-corrected chi connectivity index (χ4v) is 3.91. The number of alkyl halides is 3. The van der Waals surface area contributed by atoms with Crippen LogP contribution in [0.1, 0.15) is 31.1 Å². The lowest BCUT2D eigenvalue weighted by Gasteiger charge is -2.21. The Morgan fingerprint density at radius 1 is 1.38 bits per heavy atom. The third-order valence-electron chi connectivity index (χ3n) is 5.40. The molecule has 0 aromatic carbocycles. The molecule has 2 N–H and O–H groups in total. The van der Waals surface area contributed by atoms with E-state index < -0.39 is 17.0 Å². The maximum absolute atomic E-state index is 13.2. The van der Waals surface area contributed by atoms with Crippen LogP contribution in [0.4, 0.5) is 13.2 Å². The third kappa shape index (κ3) is 1.93. The summed E-state index contributed by atoms with van der Waals surface area (Å²) in [6.45, 7) is 1.46. The number of piperidine rings is 1.